The minimum absolute atomic E-state index is 0.811. The number of anilines is 2. The van der Waals surface area contributed by atoms with Gasteiger partial charge in [-0.05, 0) is 42.7 Å². The fourth-order valence-corrected chi connectivity index (χ4v) is 2.39. The van der Waals surface area contributed by atoms with E-state index >= 15 is 0 Å². The van der Waals surface area contributed by atoms with Crippen LogP contribution in [0.25, 0.3) is 0 Å². The summed E-state index contributed by atoms with van der Waals surface area (Å²) in [6.45, 7) is 3.78. The van der Waals surface area contributed by atoms with Gasteiger partial charge in [0.05, 0.1) is 0 Å². The van der Waals surface area contributed by atoms with Crippen LogP contribution in [-0.2, 0) is 13.0 Å². The Balaban J connectivity index is 1.90. The van der Waals surface area contributed by atoms with Crippen molar-refractivity contribution in [2.75, 3.05) is 17.2 Å². The van der Waals surface area contributed by atoms with E-state index in [2.05, 4.69) is 27.0 Å². The fourth-order valence-electron chi connectivity index (χ4n) is 2.39. The van der Waals surface area contributed by atoms with E-state index in [0.29, 0.717) is 0 Å². The predicted octanol–water partition coefficient (Wildman–Crippen LogP) is 1.93. The molecule has 4 nitrogen and oxygen atoms in total. The van der Waals surface area contributed by atoms with Crippen molar-refractivity contribution in [2.45, 2.75) is 19.9 Å². The smallest absolute Gasteiger partial charge is 0.132 e. The largest absolute Gasteiger partial charge is 0.399 e. The highest BCUT2D eigenvalue weighted by molar-refractivity contribution is 5.49. The number of aromatic nitrogens is 2. The molecule has 0 fully saturated rings. The molecule has 1 aliphatic rings. The third kappa shape index (κ3) is 2.01. The first-order chi connectivity index (χ1) is 8.72. The van der Waals surface area contributed by atoms with Crippen molar-refractivity contribution in [3.63, 3.8) is 0 Å². The van der Waals surface area contributed by atoms with Crippen LogP contribution in [0.1, 0.15) is 17.0 Å². The standard InChI is InChI=1S/C14H16N4/c1-10-16-6-4-14(17-10)18-7-5-11-2-3-13(15)8-12(11)9-18/h2-4,6,8H,5,7,9,15H2,1H3. The number of rotatable bonds is 1. The molecule has 2 N–H and O–H groups in total. The van der Waals surface area contributed by atoms with Crippen molar-refractivity contribution in [1.82, 2.24) is 9.97 Å². The molecule has 0 saturated heterocycles. The first-order valence-electron chi connectivity index (χ1n) is 6.14. The average molecular weight is 240 g/mol. The molecule has 0 spiro atoms. The quantitative estimate of drug-likeness (QED) is 0.774. The maximum atomic E-state index is 5.85. The summed E-state index contributed by atoms with van der Waals surface area (Å²) < 4.78 is 0. The summed E-state index contributed by atoms with van der Waals surface area (Å²) >= 11 is 0. The van der Waals surface area contributed by atoms with E-state index in [0.717, 1.165) is 36.8 Å². The number of hydrogen-bond acceptors (Lipinski definition) is 4. The van der Waals surface area contributed by atoms with E-state index in [4.69, 9.17) is 5.73 Å². The molecule has 1 aromatic carbocycles. The highest BCUT2D eigenvalue weighted by Crippen LogP contribution is 2.24. The summed E-state index contributed by atoms with van der Waals surface area (Å²) in [5, 5.41) is 0. The molecule has 0 radical (unpaired) electrons. The lowest BCUT2D eigenvalue weighted by Crippen LogP contribution is -2.31. The monoisotopic (exact) mass is 240 g/mol. The van der Waals surface area contributed by atoms with Gasteiger partial charge in [0.1, 0.15) is 11.6 Å². The number of nitrogens with two attached hydrogens (primary N) is 1. The summed E-state index contributed by atoms with van der Waals surface area (Å²) in [7, 11) is 0. The molecular formula is C14H16N4. The van der Waals surface area contributed by atoms with Crippen LogP contribution in [0, 0.1) is 6.92 Å². The lowest BCUT2D eigenvalue weighted by atomic mass is 9.99. The SMILES string of the molecule is Cc1nccc(N2CCc3ccc(N)cc3C2)n1. The van der Waals surface area contributed by atoms with Crippen LogP contribution in [0.4, 0.5) is 11.5 Å². The van der Waals surface area contributed by atoms with Crippen molar-refractivity contribution in [3.8, 4) is 0 Å². The second-order valence-corrected chi connectivity index (χ2v) is 4.66. The lowest BCUT2D eigenvalue weighted by Gasteiger charge is -2.30. The van der Waals surface area contributed by atoms with E-state index in [-0.39, 0.29) is 0 Å². The van der Waals surface area contributed by atoms with Crippen LogP contribution in [0.2, 0.25) is 0 Å². The van der Waals surface area contributed by atoms with Gasteiger partial charge in [-0.25, -0.2) is 9.97 Å². The summed E-state index contributed by atoms with van der Waals surface area (Å²) in [5.74, 6) is 1.81. The number of nitrogen functional groups attached to an aromatic ring is 1. The molecule has 18 heavy (non-hydrogen) atoms. The molecule has 0 atom stereocenters. The van der Waals surface area contributed by atoms with E-state index in [9.17, 15) is 0 Å². The minimum Gasteiger partial charge on any atom is -0.399 e. The molecular weight excluding hydrogens is 224 g/mol. The van der Waals surface area contributed by atoms with E-state index in [1.165, 1.54) is 11.1 Å². The topological polar surface area (TPSA) is 55.0 Å². The maximum absolute atomic E-state index is 5.85. The normalized spacial score (nSPS) is 14.4. The number of nitrogens with zero attached hydrogens (tertiary/aromatic N) is 3. The summed E-state index contributed by atoms with van der Waals surface area (Å²) in [6.07, 6.45) is 2.85. The molecule has 1 aromatic heterocycles. The number of benzene rings is 1. The summed E-state index contributed by atoms with van der Waals surface area (Å²) in [5.41, 5.74) is 9.37. The van der Waals surface area contributed by atoms with Gasteiger partial charge in [0, 0.05) is 25.0 Å². The van der Waals surface area contributed by atoms with Gasteiger partial charge in [0.15, 0.2) is 0 Å². The van der Waals surface area contributed by atoms with Gasteiger partial charge < -0.3 is 10.6 Å². The third-order valence-electron chi connectivity index (χ3n) is 3.33. The van der Waals surface area contributed by atoms with Crippen LogP contribution < -0.4 is 10.6 Å². The summed E-state index contributed by atoms with van der Waals surface area (Å²) in [6, 6.07) is 8.14. The lowest BCUT2D eigenvalue weighted by molar-refractivity contribution is 0.717. The molecule has 2 aromatic rings. The molecule has 3 rings (SSSR count). The zero-order chi connectivity index (χ0) is 12.5. The Bertz CT molecular complexity index is 580. The maximum Gasteiger partial charge on any atom is 0.132 e. The molecule has 0 unspecified atom stereocenters. The molecule has 0 saturated carbocycles. The van der Waals surface area contributed by atoms with Gasteiger partial charge in [0.2, 0.25) is 0 Å². The molecule has 0 bridgehead atoms. The van der Waals surface area contributed by atoms with Crippen LogP contribution >= 0.6 is 0 Å². The highest BCUT2D eigenvalue weighted by Gasteiger charge is 2.17. The average Bonchev–Trinajstić information content (AvgIpc) is 2.38. The molecule has 92 valence electrons. The highest BCUT2D eigenvalue weighted by atomic mass is 15.2. The van der Waals surface area contributed by atoms with Crippen molar-refractivity contribution in [2.24, 2.45) is 0 Å². The Morgan fingerprint density at radius 2 is 2.11 bits per heavy atom. The molecule has 1 aliphatic heterocycles. The van der Waals surface area contributed by atoms with Crippen molar-refractivity contribution >= 4 is 11.5 Å². The third-order valence-corrected chi connectivity index (χ3v) is 3.33. The van der Waals surface area contributed by atoms with E-state index in [1.54, 1.807) is 0 Å². The number of fused-ring (bicyclic) bond motifs is 1. The first-order valence-corrected chi connectivity index (χ1v) is 6.14. The van der Waals surface area contributed by atoms with Crippen LogP contribution in [-0.4, -0.2) is 16.5 Å². The van der Waals surface area contributed by atoms with Gasteiger partial charge in [-0.15, -0.1) is 0 Å². The van der Waals surface area contributed by atoms with Gasteiger partial charge in [-0.2, -0.15) is 0 Å². The Hall–Kier alpha value is -2.10. The van der Waals surface area contributed by atoms with Crippen LogP contribution in [0.15, 0.2) is 30.5 Å². The second-order valence-electron chi connectivity index (χ2n) is 4.66. The molecule has 4 heteroatoms. The minimum atomic E-state index is 0.811. The Kier molecular flexibility index (Phi) is 2.63. The van der Waals surface area contributed by atoms with Gasteiger partial charge in [0.25, 0.3) is 0 Å². The van der Waals surface area contributed by atoms with Gasteiger partial charge in [-0.3, -0.25) is 0 Å². The van der Waals surface area contributed by atoms with Crippen molar-refractivity contribution in [3.05, 3.63) is 47.4 Å². The molecule has 2 heterocycles. The Morgan fingerprint density at radius 1 is 1.22 bits per heavy atom. The molecule has 0 amide bonds. The zero-order valence-electron chi connectivity index (χ0n) is 10.4. The Morgan fingerprint density at radius 3 is 2.94 bits per heavy atom. The summed E-state index contributed by atoms with van der Waals surface area (Å²) in [4.78, 5) is 10.9. The number of aryl methyl sites for hydroxylation is 1. The van der Waals surface area contributed by atoms with Crippen LogP contribution in [0.3, 0.4) is 0 Å². The fraction of sp³-hybridized carbons (Fsp3) is 0.286. The van der Waals surface area contributed by atoms with Gasteiger partial charge >= 0.3 is 0 Å². The second kappa shape index (κ2) is 4.29. The molecule has 0 aliphatic carbocycles. The zero-order valence-corrected chi connectivity index (χ0v) is 10.4. The van der Waals surface area contributed by atoms with E-state index in [1.807, 2.05) is 25.3 Å². The van der Waals surface area contributed by atoms with Crippen molar-refractivity contribution in [1.29, 1.82) is 0 Å². The van der Waals surface area contributed by atoms with Crippen LogP contribution in [0.5, 0.6) is 0 Å². The number of hydrogen-bond donors (Lipinski definition) is 1. The Labute approximate surface area is 106 Å². The van der Waals surface area contributed by atoms with Gasteiger partial charge in [-0.1, -0.05) is 6.07 Å². The van der Waals surface area contributed by atoms with Crippen molar-refractivity contribution < 1.29 is 0 Å². The van der Waals surface area contributed by atoms with E-state index < -0.39 is 0 Å². The predicted molar refractivity (Wildman–Crippen MR) is 72.4 cm³/mol. The first kappa shape index (κ1) is 11.0.